The van der Waals surface area contributed by atoms with E-state index in [1.165, 1.54) is 0 Å². The number of carbonyl (C=O) groups is 1. The summed E-state index contributed by atoms with van der Waals surface area (Å²) in [5.41, 5.74) is 5.09. The van der Waals surface area contributed by atoms with Gasteiger partial charge < -0.3 is 10.4 Å². The zero-order chi connectivity index (χ0) is 18.4. The maximum atomic E-state index is 12.3. The summed E-state index contributed by atoms with van der Waals surface area (Å²) in [5, 5.41) is 17.0. The zero-order valence-corrected chi connectivity index (χ0v) is 15.2. The van der Waals surface area contributed by atoms with Crippen LogP contribution in [0.1, 0.15) is 41.9 Å². The van der Waals surface area contributed by atoms with Crippen molar-refractivity contribution in [2.75, 3.05) is 6.61 Å². The number of allylic oxidation sites excluding steroid dienone is 1. The lowest BCUT2D eigenvalue weighted by Crippen LogP contribution is -2.30. The molecular weight excluding hydrogens is 314 g/mol. The smallest absolute Gasteiger partial charge is 0.220 e. The molecule has 5 heteroatoms. The normalized spacial score (nSPS) is 12.0. The maximum Gasteiger partial charge on any atom is 0.220 e. The molecular formula is C20H27N3O2. The fraction of sp³-hybridized carbons (Fsp3) is 0.400. The maximum absolute atomic E-state index is 12.3. The van der Waals surface area contributed by atoms with Crippen molar-refractivity contribution in [3.05, 3.63) is 65.0 Å². The van der Waals surface area contributed by atoms with E-state index in [9.17, 15) is 9.90 Å². The van der Waals surface area contributed by atoms with Crippen molar-refractivity contribution in [3.8, 4) is 0 Å². The second-order valence-electron chi connectivity index (χ2n) is 6.48. The van der Waals surface area contributed by atoms with Gasteiger partial charge in [0.05, 0.1) is 24.9 Å². The van der Waals surface area contributed by atoms with Crippen molar-refractivity contribution in [2.24, 2.45) is 0 Å². The van der Waals surface area contributed by atoms with Crippen molar-refractivity contribution < 1.29 is 9.90 Å². The fourth-order valence-electron chi connectivity index (χ4n) is 2.93. The molecule has 2 rings (SSSR count). The predicted molar refractivity (Wildman–Crippen MR) is 99.2 cm³/mol. The number of aliphatic hydroxyl groups excluding tert-OH is 1. The summed E-state index contributed by atoms with van der Waals surface area (Å²) in [4.78, 5) is 12.3. The Labute approximate surface area is 149 Å². The number of aromatic nitrogens is 2. The first-order valence-electron chi connectivity index (χ1n) is 8.54. The van der Waals surface area contributed by atoms with Gasteiger partial charge in [0.2, 0.25) is 5.91 Å². The van der Waals surface area contributed by atoms with Gasteiger partial charge in [-0.3, -0.25) is 9.48 Å². The lowest BCUT2D eigenvalue weighted by atomic mass is 10.1. The lowest BCUT2D eigenvalue weighted by molar-refractivity contribution is -0.122. The van der Waals surface area contributed by atoms with Gasteiger partial charge >= 0.3 is 0 Å². The van der Waals surface area contributed by atoms with Crippen LogP contribution in [-0.4, -0.2) is 27.4 Å². The average Bonchev–Trinajstić information content (AvgIpc) is 2.84. The number of hydrogen-bond donors (Lipinski definition) is 2. The summed E-state index contributed by atoms with van der Waals surface area (Å²) in [6.07, 6.45) is 0.996. The van der Waals surface area contributed by atoms with Crippen molar-refractivity contribution in [1.29, 1.82) is 0 Å². The molecule has 1 aromatic carbocycles. The van der Waals surface area contributed by atoms with E-state index >= 15 is 0 Å². The third-order valence-corrected chi connectivity index (χ3v) is 4.27. The molecule has 134 valence electrons. The van der Waals surface area contributed by atoms with E-state index in [1.54, 1.807) is 0 Å². The summed E-state index contributed by atoms with van der Waals surface area (Å²) in [6.45, 7) is 10.5. The van der Waals surface area contributed by atoms with E-state index in [1.807, 2.05) is 55.8 Å². The Morgan fingerprint density at radius 3 is 2.60 bits per heavy atom. The van der Waals surface area contributed by atoms with Gasteiger partial charge in [0.1, 0.15) is 0 Å². The van der Waals surface area contributed by atoms with Gasteiger partial charge in [-0.15, -0.1) is 0 Å². The molecule has 1 amide bonds. The topological polar surface area (TPSA) is 67.2 Å². The van der Waals surface area contributed by atoms with Gasteiger partial charge in [-0.05, 0) is 38.3 Å². The highest BCUT2D eigenvalue weighted by Crippen LogP contribution is 2.17. The second kappa shape index (κ2) is 8.62. The van der Waals surface area contributed by atoms with Crippen LogP contribution >= 0.6 is 0 Å². The molecule has 5 nitrogen and oxygen atoms in total. The lowest BCUT2D eigenvalue weighted by Gasteiger charge is -2.16. The number of rotatable bonds is 8. The number of aryl methyl sites for hydroxylation is 1. The molecule has 1 heterocycles. The quantitative estimate of drug-likeness (QED) is 0.726. The van der Waals surface area contributed by atoms with E-state index in [2.05, 4.69) is 17.0 Å². The van der Waals surface area contributed by atoms with Crippen LogP contribution in [0.2, 0.25) is 0 Å². The summed E-state index contributed by atoms with van der Waals surface area (Å²) in [7, 11) is 0. The van der Waals surface area contributed by atoms with Crippen LogP contribution in [0.4, 0.5) is 0 Å². The van der Waals surface area contributed by atoms with Gasteiger partial charge in [-0.25, -0.2) is 0 Å². The molecule has 0 aliphatic heterocycles. The summed E-state index contributed by atoms with van der Waals surface area (Å²) < 4.78 is 1.94. The number of aliphatic hydroxyl groups is 1. The Kier molecular flexibility index (Phi) is 6.53. The summed E-state index contributed by atoms with van der Waals surface area (Å²) in [5.74, 6) is -0.0747. The molecule has 0 saturated heterocycles. The first-order chi connectivity index (χ1) is 11.9. The molecule has 1 atom stereocenters. The summed E-state index contributed by atoms with van der Waals surface area (Å²) in [6, 6.07) is 9.13. The SMILES string of the molecule is C=C(C)Cn1nc(C)c(CCC(=O)NC(CO)c2ccccc2)c1C. The number of nitrogens with one attached hydrogen (secondary N) is 1. The Morgan fingerprint density at radius 1 is 1.32 bits per heavy atom. The monoisotopic (exact) mass is 341 g/mol. The molecule has 1 unspecified atom stereocenters. The third-order valence-electron chi connectivity index (χ3n) is 4.27. The van der Waals surface area contributed by atoms with E-state index in [4.69, 9.17) is 0 Å². The van der Waals surface area contributed by atoms with Gasteiger partial charge in [0, 0.05) is 12.1 Å². The Bertz CT molecular complexity index is 735. The van der Waals surface area contributed by atoms with Crippen LogP contribution < -0.4 is 5.32 Å². The van der Waals surface area contributed by atoms with Crippen LogP contribution in [0, 0.1) is 13.8 Å². The van der Waals surface area contributed by atoms with E-state index in [-0.39, 0.29) is 18.6 Å². The minimum Gasteiger partial charge on any atom is -0.394 e. The molecule has 0 aliphatic carbocycles. The van der Waals surface area contributed by atoms with E-state index < -0.39 is 0 Å². The van der Waals surface area contributed by atoms with Gasteiger partial charge in [-0.2, -0.15) is 5.10 Å². The second-order valence-corrected chi connectivity index (χ2v) is 6.48. The highest BCUT2D eigenvalue weighted by molar-refractivity contribution is 5.76. The highest BCUT2D eigenvalue weighted by atomic mass is 16.3. The van der Waals surface area contributed by atoms with Gasteiger partial charge in [-0.1, -0.05) is 42.5 Å². The fourth-order valence-corrected chi connectivity index (χ4v) is 2.93. The van der Waals surface area contributed by atoms with Crippen molar-refractivity contribution >= 4 is 5.91 Å². The first kappa shape index (κ1) is 18.9. The van der Waals surface area contributed by atoms with Crippen LogP contribution in [0.25, 0.3) is 0 Å². The van der Waals surface area contributed by atoms with Crippen LogP contribution in [0.3, 0.4) is 0 Å². The molecule has 1 aromatic heterocycles. The van der Waals surface area contributed by atoms with E-state index in [0.717, 1.165) is 28.1 Å². The van der Waals surface area contributed by atoms with Crippen molar-refractivity contribution in [1.82, 2.24) is 15.1 Å². The average molecular weight is 341 g/mol. The number of benzene rings is 1. The number of hydrogen-bond acceptors (Lipinski definition) is 3. The predicted octanol–water partition coefficient (Wildman–Crippen LogP) is 2.86. The Hall–Kier alpha value is -2.40. The standard InChI is InChI=1S/C20H27N3O2/c1-14(2)12-23-16(4)18(15(3)22-23)10-11-20(25)21-19(13-24)17-8-6-5-7-9-17/h5-9,19,24H,1,10-13H2,2-4H3,(H,21,25). The Balaban J connectivity index is 1.98. The molecule has 2 N–H and O–H groups in total. The Morgan fingerprint density at radius 2 is 2.00 bits per heavy atom. The summed E-state index contributed by atoms with van der Waals surface area (Å²) >= 11 is 0. The van der Waals surface area contributed by atoms with Crippen LogP contribution in [-0.2, 0) is 17.8 Å². The zero-order valence-electron chi connectivity index (χ0n) is 15.2. The number of carbonyl (C=O) groups excluding carboxylic acids is 1. The minimum absolute atomic E-state index is 0.0747. The highest BCUT2D eigenvalue weighted by Gasteiger charge is 2.16. The van der Waals surface area contributed by atoms with Gasteiger partial charge in [0.15, 0.2) is 0 Å². The first-order valence-corrected chi connectivity index (χ1v) is 8.54. The van der Waals surface area contributed by atoms with Crippen molar-refractivity contribution in [2.45, 2.75) is 46.2 Å². The minimum atomic E-state index is -0.373. The molecule has 0 radical (unpaired) electrons. The molecule has 2 aromatic rings. The molecule has 25 heavy (non-hydrogen) atoms. The molecule has 0 aliphatic rings. The largest absolute Gasteiger partial charge is 0.394 e. The molecule has 0 bridgehead atoms. The molecule has 0 fully saturated rings. The number of nitrogens with zero attached hydrogens (tertiary/aromatic N) is 2. The van der Waals surface area contributed by atoms with Crippen LogP contribution in [0.15, 0.2) is 42.5 Å². The van der Waals surface area contributed by atoms with Gasteiger partial charge in [0.25, 0.3) is 0 Å². The van der Waals surface area contributed by atoms with Crippen molar-refractivity contribution in [3.63, 3.8) is 0 Å². The molecule has 0 spiro atoms. The number of amides is 1. The van der Waals surface area contributed by atoms with E-state index in [0.29, 0.717) is 19.4 Å². The van der Waals surface area contributed by atoms with Crippen LogP contribution in [0.5, 0.6) is 0 Å². The molecule has 0 saturated carbocycles. The third kappa shape index (κ3) is 5.03.